The van der Waals surface area contributed by atoms with Crippen molar-refractivity contribution in [2.24, 2.45) is 0 Å². The van der Waals surface area contributed by atoms with Gasteiger partial charge < -0.3 is 14.6 Å². The van der Waals surface area contributed by atoms with E-state index in [1.165, 1.54) is 0 Å². The Labute approximate surface area is 141 Å². The van der Waals surface area contributed by atoms with Crippen LogP contribution in [0.3, 0.4) is 0 Å². The van der Waals surface area contributed by atoms with Crippen LogP contribution in [0.2, 0.25) is 0 Å². The topological polar surface area (TPSA) is 75.3 Å². The number of H-pyrrole nitrogens is 1. The molecule has 1 N–H and O–H groups in total. The van der Waals surface area contributed by atoms with E-state index >= 15 is 0 Å². The first-order valence-corrected chi connectivity index (χ1v) is 9.12. The van der Waals surface area contributed by atoms with Gasteiger partial charge in [0, 0.05) is 36.6 Å². The number of rotatable bonds is 4. The maximum absolute atomic E-state index is 12.5. The minimum absolute atomic E-state index is 0.0385. The van der Waals surface area contributed by atoms with Crippen molar-refractivity contribution in [3.63, 3.8) is 0 Å². The predicted octanol–water partition coefficient (Wildman–Crippen LogP) is 1.49. The van der Waals surface area contributed by atoms with Crippen LogP contribution in [0.5, 0.6) is 0 Å². The second kappa shape index (κ2) is 5.99. The van der Waals surface area contributed by atoms with Crippen molar-refractivity contribution in [3.05, 3.63) is 27.4 Å². The highest BCUT2D eigenvalue weighted by molar-refractivity contribution is 5.77. The van der Waals surface area contributed by atoms with Crippen LogP contribution < -0.4 is 5.56 Å². The standard InChI is InChI=1S/C18H25N3O3/c1-2-24-10-14(22)21-9-3-7-18(11-21)8-6-13-15(18)19-16(12-4-5-12)20-17(13)23/h12H,2-11H2,1H3,(H,19,20,23). The van der Waals surface area contributed by atoms with Crippen LogP contribution in [0.4, 0.5) is 0 Å². The number of nitrogens with one attached hydrogen (secondary N) is 1. The number of nitrogens with zero attached hydrogens (tertiary/aromatic N) is 2. The molecule has 4 rings (SSSR count). The number of fused-ring (bicyclic) bond motifs is 2. The second-order valence-electron chi connectivity index (χ2n) is 7.39. The Bertz CT molecular complexity index is 710. The van der Waals surface area contributed by atoms with Crippen molar-refractivity contribution in [2.75, 3.05) is 26.3 Å². The molecule has 1 aliphatic heterocycles. The molecule has 1 saturated heterocycles. The average Bonchev–Trinajstić information content (AvgIpc) is 3.38. The molecule has 1 saturated carbocycles. The van der Waals surface area contributed by atoms with E-state index in [9.17, 15) is 9.59 Å². The average molecular weight is 331 g/mol. The van der Waals surface area contributed by atoms with Gasteiger partial charge in [-0.05, 0) is 45.4 Å². The maximum Gasteiger partial charge on any atom is 0.254 e. The Morgan fingerprint density at radius 2 is 2.25 bits per heavy atom. The Morgan fingerprint density at radius 1 is 1.42 bits per heavy atom. The Morgan fingerprint density at radius 3 is 3.00 bits per heavy atom. The molecule has 2 aliphatic carbocycles. The van der Waals surface area contributed by atoms with Gasteiger partial charge in [-0.25, -0.2) is 4.98 Å². The highest BCUT2D eigenvalue weighted by atomic mass is 16.5. The SMILES string of the molecule is CCOCC(=O)N1CCCC2(CCc3c2nc(C2CC2)[nH]c3=O)C1. The van der Waals surface area contributed by atoms with Gasteiger partial charge in [0.15, 0.2) is 0 Å². The molecule has 6 nitrogen and oxygen atoms in total. The van der Waals surface area contributed by atoms with E-state index in [-0.39, 0.29) is 23.5 Å². The molecule has 0 radical (unpaired) electrons. The molecule has 2 fully saturated rings. The molecule has 1 spiro atoms. The van der Waals surface area contributed by atoms with Gasteiger partial charge in [-0.15, -0.1) is 0 Å². The number of hydrogen-bond acceptors (Lipinski definition) is 4. The first-order valence-electron chi connectivity index (χ1n) is 9.12. The third kappa shape index (κ3) is 2.66. The summed E-state index contributed by atoms with van der Waals surface area (Å²) in [6.07, 6.45) is 5.91. The monoisotopic (exact) mass is 331 g/mol. The molecule has 1 atom stereocenters. The Hall–Kier alpha value is -1.69. The summed E-state index contributed by atoms with van der Waals surface area (Å²) in [4.78, 5) is 34.6. The third-order valence-corrected chi connectivity index (χ3v) is 5.71. The molecule has 3 aliphatic rings. The second-order valence-corrected chi connectivity index (χ2v) is 7.39. The highest BCUT2D eigenvalue weighted by Crippen LogP contribution is 2.45. The van der Waals surface area contributed by atoms with Gasteiger partial charge in [0.1, 0.15) is 12.4 Å². The molecule has 24 heavy (non-hydrogen) atoms. The summed E-state index contributed by atoms with van der Waals surface area (Å²) in [5, 5.41) is 0. The molecule has 130 valence electrons. The largest absolute Gasteiger partial charge is 0.372 e. The van der Waals surface area contributed by atoms with E-state index in [4.69, 9.17) is 9.72 Å². The van der Waals surface area contributed by atoms with E-state index in [0.717, 1.165) is 62.2 Å². The van der Waals surface area contributed by atoms with Gasteiger partial charge in [0.25, 0.3) is 5.56 Å². The lowest BCUT2D eigenvalue weighted by atomic mass is 9.77. The number of piperidine rings is 1. The Balaban J connectivity index is 1.63. The maximum atomic E-state index is 12.5. The summed E-state index contributed by atoms with van der Waals surface area (Å²) < 4.78 is 5.29. The van der Waals surface area contributed by atoms with Crippen LogP contribution >= 0.6 is 0 Å². The van der Waals surface area contributed by atoms with Gasteiger partial charge in [0.05, 0.1) is 5.69 Å². The van der Waals surface area contributed by atoms with Crippen molar-refractivity contribution in [3.8, 4) is 0 Å². The molecule has 0 bridgehead atoms. The van der Waals surface area contributed by atoms with Crippen LogP contribution in [-0.2, 0) is 21.4 Å². The third-order valence-electron chi connectivity index (χ3n) is 5.71. The van der Waals surface area contributed by atoms with Crippen LogP contribution in [0.1, 0.15) is 62.0 Å². The number of hydrogen-bond donors (Lipinski definition) is 1. The predicted molar refractivity (Wildman–Crippen MR) is 89.1 cm³/mol. The van der Waals surface area contributed by atoms with Crippen LogP contribution in [0.15, 0.2) is 4.79 Å². The normalized spacial score (nSPS) is 26.0. The smallest absolute Gasteiger partial charge is 0.254 e. The number of ether oxygens (including phenoxy) is 1. The molecule has 6 heteroatoms. The van der Waals surface area contributed by atoms with Crippen LogP contribution in [0.25, 0.3) is 0 Å². The molecule has 1 aromatic rings. The summed E-state index contributed by atoms with van der Waals surface area (Å²) >= 11 is 0. The summed E-state index contributed by atoms with van der Waals surface area (Å²) in [6.45, 7) is 4.05. The van der Waals surface area contributed by atoms with Crippen LogP contribution in [-0.4, -0.2) is 47.1 Å². The van der Waals surface area contributed by atoms with E-state index in [1.807, 2.05) is 11.8 Å². The molecule has 1 amide bonds. The lowest BCUT2D eigenvalue weighted by molar-refractivity contribution is -0.138. The fraction of sp³-hybridized carbons (Fsp3) is 0.722. The fourth-order valence-electron chi connectivity index (χ4n) is 4.24. The molecule has 1 unspecified atom stereocenters. The first-order chi connectivity index (χ1) is 11.6. The zero-order valence-corrected chi connectivity index (χ0v) is 14.3. The van der Waals surface area contributed by atoms with Gasteiger partial charge in [0.2, 0.25) is 5.91 Å². The summed E-state index contributed by atoms with van der Waals surface area (Å²) in [5.41, 5.74) is 1.73. The van der Waals surface area contributed by atoms with Gasteiger partial charge >= 0.3 is 0 Å². The van der Waals surface area contributed by atoms with Crippen molar-refractivity contribution >= 4 is 5.91 Å². The highest BCUT2D eigenvalue weighted by Gasteiger charge is 2.46. The quantitative estimate of drug-likeness (QED) is 0.907. The summed E-state index contributed by atoms with van der Waals surface area (Å²) in [5.74, 6) is 1.34. The number of aromatic nitrogens is 2. The lowest BCUT2D eigenvalue weighted by Gasteiger charge is -2.40. The van der Waals surface area contributed by atoms with Gasteiger partial charge in [-0.2, -0.15) is 0 Å². The molecular weight excluding hydrogens is 306 g/mol. The molecular formula is C18H25N3O3. The van der Waals surface area contributed by atoms with Gasteiger partial charge in [-0.1, -0.05) is 0 Å². The number of aromatic amines is 1. The first kappa shape index (κ1) is 15.8. The number of likely N-dealkylation sites (tertiary alicyclic amines) is 1. The number of carbonyl (C=O) groups excluding carboxylic acids is 1. The van der Waals surface area contributed by atoms with Crippen molar-refractivity contribution in [1.82, 2.24) is 14.9 Å². The van der Waals surface area contributed by atoms with Crippen molar-refractivity contribution in [2.45, 2.75) is 56.8 Å². The van der Waals surface area contributed by atoms with E-state index in [0.29, 0.717) is 19.1 Å². The zero-order valence-electron chi connectivity index (χ0n) is 14.3. The number of carbonyl (C=O) groups is 1. The Kier molecular flexibility index (Phi) is 3.95. The molecule has 0 aromatic carbocycles. The van der Waals surface area contributed by atoms with Crippen molar-refractivity contribution in [1.29, 1.82) is 0 Å². The lowest BCUT2D eigenvalue weighted by Crippen LogP contribution is -2.49. The zero-order chi connectivity index (χ0) is 16.7. The van der Waals surface area contributed by atoms with Crippen LogP contribution in [0, 0.1) is 0 Å². The molecule has 2 heterocycles. The summed E-state index contributed by atoms with van der Waals surface area (Å²) in [6, 6.07) is 0. The molecule has 1 aromatic heterocycles. The van der Waals surface area contributed by atoms with E-state index < -0.39 is 0 Å². The number of amides is 1. The minimum Gasteiger partial charge on any atom is -0.372 e. The van der Waals surface area contributed by atoms with E-state index in [1.54, 1.807) is 0 Å². The van der Waals surface area contributed by atoms with Gasteiger partial charge in [-0.3, -0.25) is 9.59 Å². The summed E-state index contributed by atoms with van der Waals surface area (Å²) in [7, 11) is 0. The van der Waals surface area contributed by atoms with Crippen molar-refractivity contribution < 1.29 is 9.53 Å². The van der Waals surface area contributed by atoms with E-state index in [2.05, 4.69) is 4.98 Å². The minimum atomic E-state index is -0.132. The fourth-order valence-corrected chi connectivity index (χ4v) is 4.24.